The Labute approximate surface area is 131 Å². The van der Waals surface area contributed by atoms with Crippen molar-refractivity contribution in [1.29, 1.82) is 0 Å². The molecule has 2 nitrogen and oxygen atoms in total. The first-order valence-electron chi connectivity index (χ1n) is 7.60. The Morgan fingerprint density at radius 2 is 2.10 bits per heavy atom. The molecule has 0 spiro atoms. The van der Waals surface area contributed by atoms with E-state index in [1.165, 1.54) is 11.1 Å². The summed E-state index contributed by atoms with van der Waals surface area (Å²) in [4.78, 5) is 0. The highest BCUT2D eigenvalue weighted by atomic mass is 79.9. The molecule has 0 amide bonds. The average Bonchev–Trinajstić information content (AvgIpc) is 2.35. The van der Waals surface area contributed by atoms with Crippen molar-refractivity contribution in [3.05, 3.63) is 27.7 Å². The third-order valence-corrected chi connectivity index (χ3v) is 4.28. The van der Waals surface area contributed by atoms with Crippen LogP contribution >= 0.6 is 15.9 Å². The minimum absolute atomic E-state index is 0.115. The molecule has 112 valence electrons. The fourth-order valence-electron chi connectivity index (χ4n) is 2.86. The fraction of sp³-hybridized carbons (Fsp3) is 0.647. The van der Waals surface area contributed by atoms with Gasteiger partial charge in [-0.1, -0.05) is 36.7 Å². The van der Waals surface area contributed by atoms with E-state index in [-0.39, 0.29) is 5.60 Å². The van der Waals surface area contributed by atoms with Gasteiger partial charge in [0.2, 0.25) is 0 Å². The Hall–Kier alpha value is -0.540. The van der Waals surface area contributed by atoms with Crippen LogP contribution in [0.1, 0.15) is 70.5 Å². The second-order valence-electron chi connectivity index (χ2n) is 6.64. The maximum Gasteiger partial charge on any atom is 0.128 e. The topological polar surface area (TPSA) is 21.3 Å². The summed E-state index contributed by atoms with van der Waals surface area (Å²) in [5.74, 6) is 1.55. The number of fused-ring (bicyclic) bond motifs is 1. The first kappa shape index (κ1) is 15.8. The van der Waals surface area contributed by atoms with Crippen LogP contribution in [0.5, 0.6) is 5.75 Å². The zero-order valence-corrected chi connectivity index (χ0v) is 14.8. The average molecular weight is 340 g/mol. The van der Waals surface area contributed by atoms with Gasteiger partial charge < -0.3 is 10.1 Å². The Morgan fingerprint density at radius 1 is 1.40 bits per heavy atom. The Kier molecular flexibility index (Phi) is 4.80. The number of nitrogens with one attached hydrogen (secondary N) is 1. The molecule has 0 saturated carbocycles. The summed E-state index contributed by atoms with van der Waals surface area (Å²) in [5.41, 5.74) is 2.48. The summed E-state index contributed by atoms with van der Waals surface area (Å²) in [6.45, 7) is 12.1. The molecule has 1 atom stereocenters. The van der Waals surface area contributed by atoms with Crippen LogP contribution in [0.4, 0.5) is 0 Å². The summed E-state index contributed by atoms with van der Waals surface area (Å²) < 4.78 is 7.46. The van der Waals surface area contributed by atoms with Gasteiger partial charge in [0, 0.05) is 22.5 Å². The molecule has 20 heavy (non-hydrogen) atoms. The molecule has 0 aliphatic carbocycles. The van der Waals surface area contributed by atoms with Crippen LogP contribution < -0.4 is 10.1 Å². The normalized spacial score (nSPS) is 20.6. The Bertz CT molecular complexity index is 482. The summed E-state index contributed by atoms with van der Waals surface area (Å²) in [6.07, 6.45) is 2.16. The van der Waals surface area contributed by atoms with Crippen LogP contribution in [-0.4, -0.2) is 12.1 Å². The predicted octanol–water partition coefficient (Wildman–Crippen LogP) is 5.17. The van der Waals surface area contributed by atoms with Gasteiger partial charge in [-0.15, -0.1) is 0 Å². The number of hydrogen-bond donors (Lipinski definition) is 1. The minimum atomic E-state index is -0.115. The largest absolute Gasteiger partial charge is 0.487 e. The van der Waals surface area contributed by atoms with Gasteiger partial charge in [-0.05, 0) is 50.4 Å². The molecule has 0 fully saturated rings. The molecule has 1 aliphatic heterocycles. The molecule has 1 aromatic carbocycles. The summed E-state index contributed by atoms with van der Waals surface area (Å²) >= 11 is 3.65. The number of hydrogen-bond acceptors (Lipinski definition) is 2. The molecular weight excluding hydrogens is 314 g/mol. The van der Waals surface area contributed by atoms with E-state index in [1.807, 2.05) is 0 Å². The molecule has 0 bridgehead atoms. The van der Waals surface area contributed by atoms with Crippen LogP contribution in [0.2, 0.25) is 0 Å². The molecule has 2 rings (SSSR count). The smallest absolute Gasteiger partial charge is 0.128 e. The van der Waals surface area contributed by atoms with E-state index < -0.39 is 0 Å². The highest BCUT2D eigenvalue weighted by Gasteiger charge is 2.35. The lowest BCUT2D eigenvalue weighted by Crippen LogP contribution is -2.40. The quantitative estimate of drug-likeness (QED) is 0.816. The lowest BCUT2D eigenvalue weighted by Gasteiger charge is -2.39. The number of benzene rings is 1. The number of ether oxygens (including phenoxy) is 1. The van der Waals surface area contributed by atoms with Crippen LogP contribution in [-0.2, 0) is 0 Å². The van der Waals surface area contributed by atoms with Gasteiger partial charge >= 0.3 is 0 Å². The van der Waals surface area contributed by atoms with E-state index in [0.717, 1.165) is 29.6 Å². The van der Waals surface area contributed by atoms with Gasteiger partial charge in [-0.2, -0.15) is 0 Å². The summed E-state index contributed by atoms with van der Waals surface area (Å²) in [5, 5.41) is 3.68. The number of rotatable bonds is 4. The van der Waals surface area contributed by atoms with Crippen molar-refractivity contribution >= 4 is 15.9 Å². The summed E-state index contributed by atoms with van der Waals surface area (Å²) in [7, 11) is 0. The first-order chi connectivity index (χ1) is 9.34. The highest BCUT2D eigenvalue weighted by molar-refractivity contribution is 9.10. The van der Waals surface area contributed by atoms with Gasteiger partial charge in [-0.3, -0.25) is 0 Å². The fourth-order valence-corrected chi connectivity index (χ4v) is 3.36. The van der Waals surface area contributed by atoms with Crippen LogP contribution in [0.25, 0.3) is 0 Å². The van der Waals surface area contributed by atoms with Crippen molar-refractivity contribution in [1.82, 2.24) is 5.32 Å². The van der Waals surface area contributed by atoms with Crippen molar-refractivity contribution in [3.63, 3.8) is 0 Å². The van der Waals surface area contributed by atoms with E-state index >= 15 is 0 Å². The second kappa shape index (κ2) is 6.07. The summed E-state index contributed by atoms with van der Waals surface area (Å²) in [6, 6.07) is 4.79. The zero-order valence-electron chi connectivity index (χ0n) is 13.2. The molecule has 0 radical (unpaired) electrons. The highest BCUT2D eigenvalue weighted by Crippen LogP contribution is 2.45. The van der Waals surface area contributed by atoms with Crippen LogP contribution in [0.15, 0.2) is 16.6 Å². The zero-order chi connectivity index (χ0) is 14.9. The molecule has 1 aliphatic rings. The Morgan fingerprint density at radius 3 is 2.70 bits per heavy atom. The van der Waals surface area contributed by atoms with E-state index in [4.69, 9.17) is 4.74 Å². The van der Waals surface area contributed by atoms with Gasteiger partial charge in [0.15, 0.2) is 0 Å². The monoisotopic (exact) mass is 339 g/mol. The molecule has 0 aromatic heterocycles. The van der Waals surface area contributed by atoms with Crippen molar-refractivity contribution in [2.75, 3.05) is 6.54 Å². The van der Waals surface area contributed by atoms with E-state index in [2.05, 4.69) is 68.0 Å². The maximum absolute atomic E-state index is 6.32. The van der Waals surface area contributed by atoms with Crippen LogP contribution in [0.3, 0.4) is 0 Å². The molecule has 1 unspecified atom stereocenters. The lowest BCUT2D eigenvalue weighted by molar-refractivity contribution is 0.0645. The third kappa shape index (κ3) is 3.37. The van der Waals surface area contributed by atoms with Crippen molar-refractivity contribution < 1.29 is 4.74 Å². The standard InChI is InChI=1S/C17H26BrNO/c1-6-7-19-15-10-17(4,5)20-16-13(11(2)3)8-12(18)9-14(15)16/h8-9,11,15,19H,6-7,10H2,1-5H3. The SMILES string of the molecule is CCCNC1CC(C)(C)Oc2c(C(C)C)cc(Br)cc21. The molecule has 1 heterocycles. The van der Waals surface area contributed by atoms with Gasteiger partial charge in [0.05, 0.1) is 0 Å². The first-order valence-corrected chi connectivity index (χ1v) is 8.39. The van der Waals surface area contributed by atoms with E-state index in [0.29, 0.717) is 12.0 Å². The molecule has 3 heteroatoms. The van der Waals surface area contributed by atoms with Crippen molar-refractivity contribution in [2.45, 2.75) is 65.0 Å². The third-order valence-electron chi connectivity index (χ3n) is 3.82. The second-order valence-corrected chi connectivity index (χ2v) is 7.56. The van der Waals surface area contributed by atoms with E-state index in [9.17, 15) is 0 Å². The van der Waals surface area contributed by atoms with E-state index in [1.54, 1.807) is 0 Å². The van der Waals surface area contributed by atoms with Gasteiger partial charge in [0.1, 0.15) is 11.4 Å². The van der Waals surface area contributed by atoms with Crippen molar-refractivity contribution in [2.24, 2.45) is 0 Å². The predicted molar refractivity (Wildman–Crippen MR) is 88.6 cm³/mol. The van der Waals surface area contributed by atoms with Crippen molar-refractivity contribution in [3.8, 4) is 5.75 Å². The molecule has 1 aromatic rings. The van der Waals surface area contributed by atoms with Gasteiger partial charge in [0.25, 0.3) is 0 Å². The molecule has 1 N–H and O–H groups in total. The van der Waals surface area contributed by atoms with Crippen LogP contribution in [0, 0.1) is 0 Å². The lowest BCUT2D eigenvalue weighted by atomic mass is 9.86. The number of halogens is 1. The molecule has 0 saturated heterocycles. The maximum atomic E-state index is 6.32. The van der Waals surface area contributed by atoms with Gasteiger partial charge in [-0.25, -0.2) is 0 Å². The molecular formula is C17H26BrNO. The Balaban J connectivity index is 2.48. The minimum Gasteiger partial charge on any atom is -0.487 e.